The molecule has 0 saturated carbocycles. The lowest BCUT2D eigenvalue weighted by molar-refractivity contribution is -0.135. The van der Waals surface area contributed by atoms with Gasteiger partial charge >= 0.3 is 17.9 Å². The topological polar surface area (TPSA) is 224 Å². The van der Waals surface area contributed by atoms with Crippen molar-refractivity contribution in [1.29, 1.82) is 0 Å². The predicted molar refractivity (Wildman–Crippen MR) is 87.2 cm³/mol. The van der Waals surface area contributed by atoms with Crippen LogP contribution in [0.1, 0.15) is 51.8 Å². The number of carbonyl (C=O) groups is 6. The second-order valence-corrected chi connectivity index (χ2v) is 4.23. The molecule has 0 aliphatic carbocycles. The molecule has 0 atom stereocenters. The van der Waals surface area contributed by atoms with Crippen molar-refractivity contribution < 1.29 is 59.4 Å². The molecule has 0 bridgehead atoms. The third-order valence-corrected chi connectivity index (χ3v) is 1.73. The Kier molecular flexibility index (Phi) is 14.9. The summed E-state index contributed by atoms with van der Waals surface area (Å²) in [4.78, 5) is 58.8. The zero-order chi connectivity index (χ0) is 22.3. The third kappa shape index (κ3) is 20.0. The van der Waals surface area contributed by atoms with E-state index in [0.717, 1.165) is 39.0 Å². The molecular formula is C15H18O12. The van der Waals surface area contributed by atoms with Crippen LogP contribution in [0.3, 0.4) is 0 Å². The maximum Gasteiger partial charge on any atom is 0.336 e. The van der Waals surface area contributed by atoms with Crippen LogP contribution >= 0.6 is 0 Å². The first-order valence-corrected chi connectivity index (χ1v) is 6.55. The summed E-state index contributed by atoms with van der Waals surface area (Å²) in [5.41, 5.74) is -1.24. The fourth-order valence-corrected chi connectivity index (χ4v) is 1.04. The molecule has 12 heteroatoms. The molecule has 0 aliphatic rings. The summed E-state index contributed by atoms with van der Waals surface area (Å²) in [5.74, 6) is -6.70. The fourth-order valence-electron chi connectivity index (χ4n) is 1.04. The summed E-state index contributed by atoms with van der Waals surface area (Å²) < 4.78 is 0. The molecule has 6 N–H and O–H groups in total. The molecule has 0 fully saturated rings. The summed E-state index contributed by atoms with van der Waals surface area (Å²) in [6.07, 6.45) is 0. The van der Waals surface area contributed by atoms with Crippen molar-refractivity contribution in [2.45, 2.75) is 20.8 Å². The zero-order valence-electron chi connectivity index (χ0n) is 14.4. The Morgan fingerprint density at radius 1 is 0.556 bits per heavy atom. The van der Waals surface area contributed by atoms with Gasteiger partial charge in [-0.1, -0.05) is 0 Å². The number of rotatable bonds is 3. The number of aliphatic carboxylic acids is 3. The molecule has 1 aromatic carbocycles. The van der Waals surface area contributed by atoms with E-state index in [4.69, 9.17) is 45.0 Å². The van der Waals surface area contributed by atoms with Crippen LogP contribution in [0.5, 0.6) is 0 Å². The van der Waals surface area contributed by atoms with E-state index in [0.29, 0.717) is 0 Å². The molecule has 0 heterocycles. The van der Waals surface area contributed by atoms with Crippen LogP contribution in [0.2, 0.25) is 0 Å². The summed E-state index contributed by atoms with van der Waals surface area (Å²) in [7, 11) is 0. The number of benzene rings is 1. The third-order valence-electron chi connectivity index (χ3n) is 1.73. The first-order chi connectivity index (χ1) is 12.1. The quantitative estimate of drug-likeness (QED) is 0.426. The predicted octanol–water partition coefficient (Wildman–Crippen LogP) is 1.05. The lowest BCUT2D eigenvalue weighted by Crippen LogP contribution is -2.10. The smallest absolute Gasteiger partial charge is 0.336 e. The van der Waals surface area contributed by atoms with Crippen LogP contribution in [0, 0.1) is 0 Å². The molecular weight excluding hydrogens is 372 g/mol. The van der Waals surface area contributed by atoms with E-state index in [9.17, 15) is 14.4 Å². The average Bonchev–Trinajstić information content (AvgIpc) is 2.44. The van der Waals surface area contributed by atoms with Gasteiger partial charge in [-0.15, -0.1) is 0 Å². The number of carboxylic acids is 6. The second-order valence-electron chi connectivity index (χ2n) is 4.23. The second kappa shape index (κ2) is 14.4. The van der Waals surface area contributed by atoms with Crippen LogP contribution in [0.15, 0.2) is 18.2 Å². The molecule has 0 aliphatic heterocycles. The fraction of sp³-hybridized carbons (Fsp3) is 0.200. The van der Waals surface area contributed by atoms with Crippen LogP contribution in [0.4, 0.5) is 0 Å². The van der Waals surface area contributed by atoms with Gasteiger partial charge in [0, 0.05) is 20.8 Å². The van der Waals surface area contributed by atoms with E-state index in [-0.39, 0.29) is 5.56 Å². The van der Waals surface area contributed by atoms with Crippen molar-refractivity contribution in [3.8, 4) is 0 Å². The highest BCUT2D eigenvalue weighted by molar-refractivity contribution is 6.03. The Labute approximate surface area is 151 Å². The molecule has 0 saturated heterocycles. The molecule has 0 unspecified atom stereocenters. The summed E-state index contributed by atoms with van der Waals surface area (Å²) >= 11 is 0. The number of aromatic carboxylic acids is 3. The molecule has 150 valence electrons. The highest BCUT2D eigenvalue weighted by Crippen LogP contribution is 2.12. The van der Waals surface area contributed by atoms with E-state index in [1.54, 1.807) is 0 Å². The lowest BCUT2D eigenvalue weighted by Gasteiger charge is -2.02. The maximum atomic E-state index is 10.6. The van der Waals surface area contributed by atoms with Crippen molar-refractivity contribution >= 4 is 35.8 Å². The largest absolute Gasteiger partial charge is 0.481 e. The van der Waals surface area contributed by atoms with Crippen molar-refractivity contribution in [2.75, 3.05) is 0 Å². The van der Waals surface area contributed by atoms with Crippen LogP contribution in [0.25, 0.3) is 0 Å². The van der Waals surface area contributed by atoms with E-state index in [1.807, 2.05) is 0 Å². The number of hydrogen-bond acceptors (Lipinski definition) is 6. The van der Waals surface area contributed by atoms with Gasteiger partial charge in [0.05, 0.1) is 16.7 Å². The van der Waals surface area contributed by atoms with Crippen molar-refractivity contribution in [2.24, 2.45) is 0 Å². The van der Waals surface area contributed by atoms with Gasteiger partial charge < -0.3 is 30.6 Å². The van der Waals surface area contributed by atoms with Crippen LogP contribution in [-0.4, -0.2) is 66.5 Å². The molecule has 1 aromatic rings. The Bertz CT molecular complexity index is 664. The first-order valence-electron chi connectivity index (χ1n) is 6.55. The monoisotopic (exact) mass is 390 g/mol. The molecule has 0 amide bonds. The highest BCUT2D eigenvalue weighted by Gasteiger charge is 2.17. The van der Waals surface area contributed by atoms with Crippen LogP contribution < -0.4 is 0 Å². The Hall–Kier alpha value is -3.96. The highest BCUT2D eigenvalue weighted by atomic mass is 16.4. The molecule has 27 heavy (non-hydrogen) atoms. The van der Waals surface area contributed by atoms with E-state index < -0.39 is 46.9 Å². The Balaban J connectivity index is -0.000000394. The van der Waals surface area contributed by atoms with E-state index in [2.05, 4.69) is 0 Å². The molecule has 0 radical (unpaired) electrons. The van der Waals surface area contributed by atoms with Gasteiger partial charge in [0.25, 0.3) is 17.9 Å². The van der Waals surface area contributed by atoms with Gasteiger partial charge in [-0.25, -0.2) is 14.4 Å². The number of hydrogen-bond donors (Lipinski definition) is 6. The van der Waals surface area contributed by atoms with Gasteiger partial charge in [-0.05, 0) is 18.2 Å². The molecule has 1 rings (SSSR count). The standard InChI is InChI=1S/C9H6O6.3C2H4O2/c10-7(11)4-1-2-5(8(12)13)6(3-4)9(14)15;3*1-2(3)4/h1-3H,(H,10,11)(H,12,13)(H,14,15);3*1H3,(H,3,4). The summed E-state index contributed by atoms with van der Waals surface area (Å²) in [6, 6.07) is 2.81. The minimum atomic E-state index is -1.48. The molecule has 0 aromatic heterocycles. The van der Waals surface area contributed by atoms with Crippen molar-refractivity contribution in [1.82, 2.24) is 0 Å². The summed E-state index contributed by atoms with van der Waals surface area (Å²) in [5, 5.41) is 48.1. The minimum Gasteiger partial charge on any atom is -0.481 e. The molecule has 0 spiro atoms. The van der Waals surface area contributed by atoms with Gasteiger partial charge in [-0.3, -0.25) is 14.4 Å². The first kappa shape index (κ1) is 27.9. The van der Waals surface area contributed by atoms with Gasteiger partial charge in [-0.2, -0.15) is 0 Å². The van der Waals surface area contributed by atoms with Gasteiger partial charge in [0.2, 0.25) is 0 Å². The Morgan fingerprint density at radius 2 is 0.852 bits per heavy atom. The summed E-state index contributed by atoms with van der Waals surface area (Å²) in [6.45, 7) is 3.25. The van der Waals surface area contributed by atoms with Gasteiger partial charge in [0.15, 0.2) is 0 Å². The van der Waals surface area contributed by atoms with Gasteiger partial charge in [0.1, 0.15) is 0 Å². The number of carboxylic acid groups (broad SMARTS) is 6. The molecule has 12 nitrogen and oxygen atoms in total. The van der Waals surface area contributed by atoms with Crippen molar-refractivity contribution in [3.63, 3.8) is 0 Å². The van der Waals surface area contributed by atoms with Crippen molar-refractivity contribution in [3.05, 3.63) is 34.9 Å². The normalized spacial score (nSPS) is 8.11. The lowest BCUT2D eigenvalue weighted by atomic mass is 10.0. The Morgan fingerprint density at radius 3 is 1.07 bits per heavy atom. The maximum absolute atomic E-state index is 10.6. The van der Waals surface area contributed by atoms with E-state index >= 15 is 0 Å². The average molecular weight is 390 g/mol. The van der Waals surface area contributed by atoms with E-state index in [1.165, 1.54) is 0 Å². The minimum absolute atomic E-state index is 0.266. The zero-order valence-corrected chi connectivity index (χ0v) is 14.4. The van der Waals surface area contributed by atoms with Crippen LogP contribution in [-0.2, 0) is 14.4 Å². The SMILES string of the molecule is CC(=O)O.CC(=O)O.CC(=O)O.O=C(O)c1ccc(C(=O)O)c(C(=O)O)c1.